The minimum Gasteiger partial charge on any atom is -0.463 e. The normalized spacial score (nSPS) is 14.0. The largest absolute Gasteiger partial charge is 0.463 e. The number of allylic oxidation sites excluding steroid dienone is 2. The summed E-state index contributed by atoms with van der Waals surface area (Å²) in [6.07, 6.45) is 3.05. The molecular weight excluding hydrogens is 147 g/mol. The minimum absolute atomic E-state index is 0. The van der Waals surface area contributed by atoms with Gasteiger partial charge in [-0.05, 0) is 13.8 Å². The van der Waals surface area contributed by atoms with Crippen LogP contribution >= 0.6 is 0 Å². The Morgan fingerprint density at radius 2 is 2.36 bits per heavy atom. The third-order valence-electron chi connectivity index (χ3n) is 0.915. The standard InChI is InChI=1S/C8H12O2.FH/c1-4-6-7(3)8(9)10-5-2;/h4,6H,1,5H2,2-3H3;1H/i5D;. The lowest BCUT2D eigenvalue weighted by Gasteiger charge is -1.98. The summed E-state index contributed by atoms with van der Waals surface area (Å²) < 4.78 is 11.5. The number of carbonyl (C=O) groups excluding carboxylic acids is 1. The summed E-state index contributed by atoms with van der Waals surface area (Å²) in [5.74, 6) is -0.465. The fourth-order valence-electron chi connectivity index (χ4n) is 0.445. The Bertz CT molecular complexity index is 187. The summed E-state index contributed by atoms with van der Waals surface area (Å²) in [7, 11) is 0. The van der Waals surface area contributed by atoms with Gasteiger partial charge in [-0.15, -0.1) is 0 Å². The first-order valence-corrected chi connectivity index (χ1v) is 3.00. The van der Waals surface area contributed by atoms with Gasteiger partial charge in [0.25, 0.3) is 0 Å². The maximum absolute atomic E-state index is 10.9. The third kappa shape index (κ3) is 5.33. The first-order valence-electron chi connectivity index (χ1n) is 3.58. The van der Waals surface area contributed by atoms with Crippen LogP contribution in [0.25, 0.3) is 0 Å². The molecule has 0 radical (unpaired) electrons. The van der Waals surface area contributed by atoms with E-state index in [1.54, 1.807) is 13.0 Å². The molecule has 0 amide bonds. The van der Waals surface area contributed by atoms with Crippen LogP contribution in [0.15, 0.2) is 24.3 Å². The summed E-state index contributed by atoms with van der Waals surface area (Å²) in [5, 5.41) is 0. The highest BCUT2D eigenvalue weighted by Crippen LogP contribution is 1.95. The van der Waals surface area contributed by atoms with E-state index in [1.165, 1.54) is 13.0 Å². The Hall–Kier alpha value is -1.12. The van der Waals surface area contributed by atoms with Crippen molar-refractivity contribution < 1.29 is 15.6 Å². The van der Waals surface area contributed by atoms with E-state index in [2.05, 4.69) is 11.3 Å². The van der Waals surface area contributed by atoms with Crippen molar-refractivity contribution in [3.8, 4) is 0 Å². The van der Waals surface area contributed by atoms with Crippen molar-refractivity contribution in [1.82, 2.24) is 0 Å². The van der Waals surface area contributed by atoms with E-state index in [-0.39, 0.29) is 4.70 Å². The maximum Gasteiger partial charge on any atom is 0.333 e. The molecule has 0 aliphatic carbocycles. The summed E-state index contributed by atoms with van der Waals surface area (Å²) in [6, 6.07) is 0. The van der Waals surface area contributed by atoms with Gasteiger partial charge < -0.3 is 4.74 Å². The zero-order valence-corrected chi connectivity index (χ0v) is 6.66. The average molecular weight is 161 g/mol. The lowest BCUT2D eigenvalue weighted by atomic mass is 10.3. The van der Waals surface area contributed by atoms with Gasteiger partial charge in [0.05, 0.1) is 7.95 Å². The van der Waals surface area contributed by atoms with E-state index >= 15 is 0 Å². The highest BCUT2D eigenvalue weighted by Gasteiger charge is 2.00. The van der Waals surface area contributed by atoms with Gasteiger partial charge in [0.15, 0.2) is 0 Å². The second-order valence-corrected chi connectivity index (χ2v) is 1.73. The molecule has 0 saturated carbocycles. The van der Waals surface area contributed by atoms with E-state index in [0.29, 0.717) is 5.57 Å². The predicted molar refractivity (Wildman–Crippen MR) is 43.1 cm³/mol. The molecule has 0 spiro atoms. The molecule has 1 atom stereocenters. The molecule has 1 unspecified atom stereocenters. The van der Waals surface area contributed by atoms with Gasteiger partial charge in [-0.3, -0.25) is 4.70 Å². The number of hydrogen-bond donors (Lipinski definition) is 0. The number of carbonyl (C=O) groups is 1. The second-order valence-electron chi connectivity index (χ2n) is 1.73. The molecule has 0 aliphatic heterocycles. The number of halogens is 1. The molecule has 0 aliphatic rings. The monoisotopic (exact) mass is 161 g/mol. The summed E-state index contributed by atoms with van der Waals surface area (Å²) in [6.45, 7) is 5.72. The molecule has 0 bridgehead atoms. The van der Waals surface area contributed by atoms with Gasteiger partial charge in [-0.25, -0.2) is 4.79 Å². The van der Waals surface area contributed by atoms with Crippen LogP contribution in [0.2, 0.25) is 0 Å². The molecule has 0 rings (SSSR count). The van der Waals surface area contributed by atoms with Crippen LogP contribution in [0, 0.1) is 0 Å². The molecule has 0 aromatic carbocycles. The van der Waals surface area contributed by atoms with Crippen molar-refractivity contribution in [3.05, 3.63) is 24.3 Å². The molecule has 0 N–H and O–H groups in total. The SMILES string of the molecule is F.[2H]C(C)OC(=O)C(C)=CC=C. The maximum atomic E-state index is 10.9. The minimum atomic E-state index is -0.810. The lowest BCUT2D eigenvalue weighted by Crippen LogP contribution is -2.04. The van der Waals surface area contributed by atoms with Crippen LogP contribution in [0.4, 0.5) is 4.70 Å². The Labute approximate surface area is 67.3 Å². The molecule has 0 aromatic heterocycles. The number of ether oxygens (including phenoxy) is 1. The van der Waals surface area contributed by atoms with Gasteiger partial charge in [-0.1, -0.05) is 18.7 Å². The molecule has 2 nitrogen and oxygen atoms in total. The van der Waals surface area contributed by atoms with Crippen LogP contribution in [0.3, 0.4) is 0 Å². The molecule has 0 aromatic rings. The van der Waals surface area contributed by atoms with E-state index in [4.69, 9.17) is 1.37 Å². The van der Waals surface area contributed by atoms with E-state index in [0.717, 1.165) is 0 Å². The Morgan fingerprint density at radius 1 is 1.82 bits per heavy atom. The molecule has 0 fully saturated rings. The van der Waals surface area contributed by atoms with E-state index < -0.39 is 12.6 Å². The van der Waals surface area contributed by atoms with Crippen LogP contribution in [0.1, 0.15) is 15.2 Å². The van der Waals surface area contributed by atoms with Crippen molar-refractivity contribution in [2.75, 3.05) is 6.58 Å². The van der Waals surface area contributed by atoms with Crippen LogP contribution in [-0.2, 0) is 9.53 Å². The fourth-order valence-corrected chi connectivity index (χ4v) is 0.445. The Kier molecular flexibility index (Phi) is 6.28. The van der Waals surface area contributed by atoms with Gasteiger partial charge in [-0.2, -0.15) is 0 Å². The van der Waals surface area contributed by atoms with E-state index in [1.807, 2.05) is 0 Å². The Balaban J connectivity index is 0. The van der Waals surface area contributed by atoms with Crippen molar-refractivity contribution in [3.63, 3.8) is 0 Å². The quantitative estimate of drug-likeness (QED) is 0.358. The molecular formula is C8H13FO2. The van der Waals surface area contributed by atoms with Crippen molar-refractivity contribution in [1.29, 1.82) is 0 Å². The number of hydrogen-bond acceptors (Lipinski definition) is 2. The van der Waals surface area contributed by atoms with E-state index in [9.17, 15) is 4.79 Å². The molecule has 0 heterocycles. The van der Waals surface area contributed by atoms with Gasteiger partial charge in [0, 0.05) is 5.57 Å². The van der Waals surface area contributed by atoms with Gasteiger partial charge in [0.1, 0.15) is 0 Å². The molecule has 3 heteroatoms. The second kappa shape index (κ2) is 6.99. The van der Waals surface area contributed by atoms with Crippen LogP contribution < -0.4 is 0 Å². The van der Waals surface area contributed by atoms with Crippen LogP contribution in [-0.4, -0.2) is 12.6 Å². The fraction of sp³-hybridized carbons (Fsp3) is 0.375. The molecule has 11 heavy (non-hydrogen) atoms. The zero-order chi connectivity index (χ0) is 8.85. The predicted octanol–water partition coefficient (Wildman–Crippen LogP) is 1.83. The highest BCUT2D eigenvalue weighted by molar-refractivity contribution is 5.88. The Morgan fingerprint density at radius 3 is 2.73 bits per heavy atom. The third-order valence-corrected chi connectivity index (χ3v) is 0.915. The zero-order valence-electron chi connectivity index (χ0n) is 7.66. The highest BCUT2D eigenvalue weighted by atomic mass is 19.0. The van der Waals surface area contributed by atoms with Crippen LogP contribution in [0.5, 0.6) is 0 Å². The summed E-state index contributed by atoms with van der Waals surface area (Å²) >= 11 is 0. The summed E-state index contributed by atoms with van der Waals surface area (Å²) in [4.78, 5) is 10.9. The number of esters is 1. The molecule has 64 valence electrons. The van der Waals surface area contributed by atoms with Gasteiger partial charge >= 0.3 is 5.97 Å². The first-order chi connectivity index (χ1) is 5.07. The van der Waals surface area contributed by atoms with Crippen molar-refractivity contribution >= 4 is 5.97 Å². The molecule has 0 saturated heterocycles. The number of rotatable bonds is 3. The topological polar surface area (TPSA) is 26.3 Å². The van der Waals surface area contributed by atoms with Gasteiger partial charge in [0.2, 0.25) is 0 Å². The smallest absolute Gasteiger partial charge is 0.333 e. The van der Waals surface area contributed by atoms with Crippen molar-refractivity contribution in [2.45, 2.75) is 13.8 Å². The lowest BCUT2D eigenvalue weighted by molar-refractivity contribution is -0.138. The first kappa shape index (κ1) is 9.88. The summed E-state index contributed by atoms with van der Waals surface area (Å²) in [5.41, 5.74) is 0.458. The van der Waals surface area contributed by atoms with Crippen molar-refractivity contribution in [2.24, 2.45) is 0 Å². The average Bonchev–Trinajstić information content (AvgIpc) is 1.86.